The fraction of sp³-hybridized carbons (Fsp3) is 0.500. The van der Waals surface area contributed by atoms with Crippen LogP contribution in [0.5, 0.6) is 0 Å². The lowest BCUT2D eigenvalue weighted by Gasteiger charge is -2.15. The number of nitrogens with zero attached hydrogens (tertiary/aromatic N) is 1. The van der Waals surface area contributed by atoms with Crippen molar-refractivity contribution in [2.45, 2.75) is 25.3 Å². The Hall–Kier alpha value is -0.840. The molecule has 1 aromatic rings. The number of aromatic nitrogens is 1. The lowest BCUT2D eigenvalue weighted by Crippen LogP contribution is -2.37. The summed E-state index contributed by atoms with van der Waals surface area (Å²) in [7, 11) is 0. The van der Waals surface area contributed by atoms with Gasteiger partial charge in [0.1, 0.15) is 5.82 Å². The van der Waals surface area contributed by atoms with Crippen LogP contribution in [0, 0.1) is 0 Å². The number of hydrogen-bond donors (Lipinski definition) is 3. The van der Waals surface area contributed by atoms with Gasteiger partial charge in [0.25, 0.3) is 0 Å². The van der Waals surface area contributed by atoms with Crippen molar-refractivity contribution in [2.24, 2.45) is 5.84 Å². The van der Waals surface area contributed by atoms with Crippen LogP contribution < -0.4 is 17.0 Å². The second-order valence-corrected chi connectivity index (χ2v) is 3.82. The highest BCUT2D eigenvalue weighted by Gasteiger charge is 2.09. The summed E-state index contributed by atoms with van der Waals surface area (Å²) in [6.45, 7) is 0. The van der Waals surface area contributed by atoms with E-state index in [4.69, 9.17) is 23.2 Å². The van der Waals surface area contributed by atoms with Crippen LogP contribution in [0.25, 0.3) is 0 Å². The molecule has 0 saturated carbocycles. The Kier molecular flexibility index (Phi) is 5.39. The van der Waals surface area contributed by atoms with Crippen LogP contribution in [0.3, 0.4) is 0 Å². The average molecular weight is 229 g/mol. The van der Waals surface area contributed by atoms with Crippen LogP contribution in [0.15, 0.2) is 18.3 Å². The van der Waals surface area contributed by atoms with E-state index < -0.39 is 0 Å². The van der Waals surface area contributed by atoms with Crippen molar-refractivity contribution in [3.05, 3.63) is 23.9 Å². The summed E-state index contributed by atoms with van der Waals surface area (Å²) in [4.78, 5) is 4.03. The Labute approximate surface area is 95.0 Å². The maximum absolute atomic E-state index is 5.75. The number of halogens is 1. The van der Waals surface area contributed by atoms with E-state index in [1.807, 2.05) is 12.1 Å². The molecule has 1 unspecified atom stereocenters. The van der Waals surface area contributed by atoms with Gasteiger partial charge in [-0.05, 0) is 30.9 Å². The molecule has 15 heavy (non-hydrogen) atoms. The molecule has 4 nitrogen and oxygen atoms in total. The maximum atomic E-state index is 5.75. The molecule has 0 bridgehead atoms. The van der Waals surface area contributed by atoms with Gasteiger partial charge in [-0.2, -0.15) is 0 Å². The number of nitrogens with one attached hydrogen (secondary N) is 1. The Bertz CT molecular complexity index is 293. The minimum Gasteiger partial charge on any atom is -0.383 e. The predicted octanol–water partition coefficient (Wildman–Crippen LogP) is 1.06. The molecule has 0 aromatic carbocycles. The van der Waals surface area contributed by atoms with Crippen molar-refractivity contribution in [3.8, 4) is 0 Å². The number of hydrazine groups is 1. The summed E-state index contributed by atoms with van der Waals surface area (Å²) in [5, 5.41) is 0. The van der Waals surface area contributed by atoms with E-state index in [-0.39, 0.29) is 6.04 Å². The third kappa shape index (κ3) is 4.03. The molecule has 0 radical (unpaired) electrons. The van der Waals surface area contributed by atoms with Crippen molar-refractivity contribution in [1.29, 1.82) is 0 Å². The van der Waals surface area contributed by atoms with E-state index >= 15 is 0 Å². The molecule has 84 valence electrons. The van der Waals surface area contributed by atoms with Crippen LogP contribution in [-0.2, 0) is 6.42 Å². The molecule has 0 aliphatic carbocycles. The molecule has 5 heteroatoms. The average Bonchev–Trinajstić information content (AvgIpc) is 2.26. The first-order valence-electron chi connectivity index (χ1n) is 4.99. The molecule has 0 aliphatic rings. The predicted molar refractivity (Wildman–Crippen MR) is 63.4 cm³/mol. The number of alkyl halides is 1. The molecule has 0 saturated heterocycles. The van der Waals surface area contributed by atoms with Crippen LogP contribution in [0.4, 0.5) is 5.82 Å². The molecule has 1 heterocycles. The highest BCUT2D eigenvalue weighted by molar-refractivity contribution is 6.17. The Morgan fingerprint density at radius 3 is 2.93 bits per heavy atom. The fourth-order valence-electron chi connectivity index (χ4n) is 1.46. The Morgan fingerprint density at radius 1 is 1.53 bits per heavy atom. The highest BCUT2D eigenvalue weighted by atomic mass is 35.5. The molecule has 0 amide bonds. The first kappa shape index (κ1) is 12.2. The smallest absolute Gasteiger partial charge is 0.126 e. The normalized spacial score (nSPS) is 12.7. The number of rotatable bonds is 6. The third-order valence-corrected chi connectivity index (χ3v) is 2.58. The summed E-state index contributed by atoms with van der Waals surface area (Å²) in [6, 6.07) is 4.05. The van der Waals surface area contributed by atoms with Crippen molar-refractivity contribution >= 4 is 17.4 Å². The largest absolute Gasteiger partial charge is 0.383 e. The van der Waals surface area contributed by atoms with Crippen LogP contribution in [-0.4, -0.2) is 16.9 Å². The second kappa shape index (κ2) is 6.61. The third-order valence-electron chi connectivity index (χ3n) is 2.31. The molecule has 1 aromatic heterocycles. The molecular formula is C10H17ClN4. The topological polar surface area (TPSA) is 77.0 Å². The van der Waals surface area contributed by atoms with Gasteiger partial charge in [0.2, 0.25) is 0 Å². The molecule has 0 spiro atoms. The lowest BCUT2D eigenvalue weighted by molar-refractivity contribution is 0.487. The van der Waals surface area contributed by atoms with Gasteiger partial charge in [0.05, 0.1) is 0 Å². The second-order valence-electron chi connectivity index (χ2n) is 3.45. The SMILES string of the molecule is NNC(CCCCl)Cc1cccnc1N. The van der Waals surface area contributed by atoms with Gasteiger partial charge in [-0.15, -0.1) is 11.6 Å². The number of nitrogen functional groups attached to an aromatic ring is 1. The molecule has 0 aliphatic heterocycles. The molecule has 0 fully saturated rings. The zero-order valence-corrected chi connectivity index (χ0v) is 9.37. The first-order valence-corrected chi connectivity index (χ1v) is 5.53. The molecule has 1 rings (SSSR count). The van der Waals surface area contributed by atoms with E-state index in [0.29, 0.717) is 11.7 Å². The van der Waals surface area contributed by atoms with Gasteiger partial charge in [-0.25, -0.2) is 4.98 Å². The summed E-state index contributed by atoms with van der Waals surface area (Å²) >= 11 is 5.63. The fourth-order valence-corrected chi connectivity index (χ4v) is 1.61. The van der Waals surface area contributed by atoms with Crippen molar-refractivity contribution in [2.75, 3.05) is 11.6 Å². The van der Waals surface area contributed by atoms with E-state index in [1.165, 1.54) is 0 Å². The zero-order valence-electron chi connectivity index (χ0n) is 8.62. The van der Waals surface area contributed by atoms with Gasteiger partial charge in [-0.1, -0.05) is 6.07 Å². The Morgan fingerprint density at radius 2 is 2.33 bits per heavy atom. The lowest BCUT2D eigenvalue weighted by atomic mass is 10.0. The van der Waals surface area contributed by atoms with Gasteiger partial charge in [0.15, 0.2) is 0 Å². The van der Waals surface area contributed by atoms with Crippen LogP contribution >= 0.6 is 11.6 Å². The minimum absolute atomic E-state index is 0.204. The van der Waals surface area contributed by atoms with Gasteiger partial charge in [-0.3, -0.25) is 11.3 Å². The van der Waals surface area contributed by atoms with Crippen molar-refractivity contribution in [3.63, 3.8) is 0 Å². The highest BCUT2D eigenvalue weighted by Crippen LogP contribution is 2.12. The minimum atomic E-state index is 0.204. The van der Waals surface area contributed by atoms with Crippen LogP contribution in [0.2, 0.25) is 0 Å². The van der Waals surface area contributed by atoms with E-state index in [1.54, 1.807) is 6.20 Å². The quantitative estimate of drug-likeness (QED) is 0.387. The number of nitrogens with two attached hydrogens (primary N) is 2. The van der Waals surface area contributed by atoms with Gasteiger partial charge in [0, 0.05) is 18.1 Å². The Balaban J connectivity index is 2.54. The van der Waals surface area contributed by atoms with Gasteiger partial charge < -0.3 is 5.73 Å². The first-order chi connectivity index (χ1) is 7.27. The van der Waals surface area contributed by atoms with Crippen molar-refractivity contribution < 1.29 is 0 Å². The number of anilines is 1. The number of hydrogen-bond acceptors (Lipinski definition) is 4. The van der Waals surface area contributed by atoms with Crippen molar-refractivity contribution in [1.82, 2.24) is 10.4 Å². The molecular weight excluding hydrogens is 212 g/mol. The summed E-state index contributed by atoms with van der Waals surface area (Å²) in [5.41, 5.74) is 9.54. The monoisotopic (exact) mass is 228 g/mol. The summed E-state index contributed by atoms with van der Waals surface area (Å²) in [6.07, 6.45) is 4.35. The molecule has 1 atom stereocenters. The summed E-state index contributed by atoms with van der Waals surface area (Å²) in [5.74, 6) is 6.68. The summed E-state index contributed by atoms with van der Waals surface area (Å²) < 4.78 is 0. The standard InChI is InChI=1S/C10H17ClN4/c11-5-1-4-9(15-13)7-8-3-2-6-14-10(8)12/h2-3,6,9,15H,1,4-5,7,13H2,(H2,12,14). The maximum Gasteiger partial charge on any atom is 0.126 e. The van der Waals surface area contributed by atoms with E-state index in [0.717, 1.165) is 24.8 Å². The van der Waals surface area contributed by atoms with Crippen LogP contribution in [0.1, 0.15) is 18.4 Å². The zero-order chi connectivity index (χ0) is 11.1. The molecule has 5 N–H and O–H groups in total. The van der Waals surface area contributed by atoms with Gasteiger partial charge >= 0.3 is 0 Å². The van der Waals surface area contributed by atoms with E-state index in [2.05, 4.69) is 10.4 Å². The number of pyridine rings is 1. The van der Waals surface area contributed by atoms with E-state index in [9.17, 15) is 0 Å².